The molecule has 0 aliphatic heterocycles. The number of benzene rings is 10. The van der Waals surface area contributed by atoms with E-state index in [9.17, 15) is 0 Å². The Morgan fingerprint density at radius 1 is 0.356 bits per heavy atom. The van der Waals surface area contributed by atoms with E-state index in [0.717, 1.165) is 61.1 Å². The van der Waals surface area contributed by atoms with E-state index in [4.69, 9.17) is 4.42 Å². The Labute approximate surface area is 341 Å². The van der Waals surface area contributed by atoms with Crippen LogP contribution in [0.2, 0.25) is 0 Å². The van der Waals surface area contributed by atoms with Gasteiger partial charge in [0.25, 0.3) is 0 Å². The van der Waals surface area contributed by atoms with Crippen LogP contribution in [0.15, 0.2) is 223 Å². The summed E-state index contributed by atoms with van der Waals surface area (Å²) in [6.07, 6.45) is 0. The molecular formula is C56H36N2O. The predicted molar refractivity (Wildman–Crippen MR) is 249 cm³/mol. The van der Waals surface area contributed by atoms with Gasteiger partial charge >= 0.3 is 0 Å². The Kier molecular flexibility index (Phi) is 7.54. The van der Waals surface area contributed by atoms with E-state index in [0.29, 0.717) is 0 Å². The van der Waals surface area contributed by atoms with Crippen molar-refractivity contribution in [2.45, 2.75) is 0 Å². The SMILES string of the molecule is c1ccc(N(c2ccc(-c3ccc(-c4cccc5ccccc45)c4ccccc34)cc2)c2ccc3c(c2)oc2c3ccc3c2c2ccccc2n3-c2ccccc2)cc1. The van der Waals surface area contributed by atoms with Gasteiger partial charge in [-0.15, -0.1) is 0 Å². The second kappa shape index (κ2) is 13.4. The second-order valence-corrected chi connectivity index (χ2v) is 15.3. The van der Waals surface area contributed by atoms with Gasteiger partial charge in [0.05, 0.1) is 16.4 Å². The van der Waals surface area contributed by atoms with Crippen LogP contribution in [0.25, 0.3) is 93.2 Å². The van der Waals surface area contributed by atoms with Gasteiger partial charge in [-0.3, -0.25) is 0 Å². The molecule has 0 atom stereocenters. The third kappa shape index (κ3) is 5.29. The highest BCUT2D eigenvalue weighted by molar-refractivity contribution is 6.24. The Morgan fingerprint density at radius 3 is 1.76 bits per heavy atom. The van der Waals surface area contributed by atoms with Crippen molar-refractivity contribution in [1.82, 2.24) is 4.57 Å². The minimum atomic E-state index is 0.858. The van der Waals surface area contributed by atoms with Gasteiger partial charge < -0.3 is 13.9 Å². The van der Waals surface area contributed by atoms with Gasteiger partial charge in [-0.25, -0.2) is 0 Å². The molecule has 0 aliphatic carbocycles. The van der Waals surface area contributed by atoms with Crippen LogP contribution in [0.1, 0.15) is 0 Å². The van der Waals surface area contributed by atoms with Crippen LogP contribution in [0.5, 0.6) is 0 Å². The lowest BCUT2D eigenvalue weighted by molar-refractivity contribution is 0.673. The molecule has 0 amide bonds. The van der Waals surface area contributed by atoms with Gasteiger partial charge in [0.1, 0.15) is 11.2 Å². The summed E-state index contributed by atoms with van der Waals surface area (Å²) in [6, 6.07) is 78.5. The van der Waals surface area contributed by atoms with Crippen LogP contribution in [-0.4, -0.2) is 4.57 Å². The summed E-state index contributed by atoms with van der Waals surface area (Å²) in [7, 11) is 0. The molecule has 0 N–H and O–H groups in total. The molecule has 0 radical (unpaired) electrons. The number of anilines is 3. The molecule has 2 heterocycles. The van der Waals surface area contributed by atoms with E-state index in [1.54, 1.807) is 0 Å². The molecule has 0 fully saturated rings. The zero-order valence-corrected chi connectivity index (χ0v) is 32.1. The molecule has 2 aromatic heterocycles. The van der Waals surface area contributed by atoms with Gasteiger partial charge in [0, 0.05) is 45.0 Å². The molecule has 3 heteroatoms. The lowest BCUT2D eigenvalue weighted by atomic mass is 9.90. The number of nitrogens with zero attached hydrogens (tertiary/aromatic N) is 2. The van der Waals surface area contributed by atoms with Crippen LogP contribution in [0.3, 0.4) is 0 Å². The molecule has 10 aromatic carbocycles. The first kappa shape index (κ1) is 33.3. The van der Waals surface area contributed by atoms with Crippen molar-refractivity contribution < 1.29 is 4.42 Å². The number of fused-ring (bicyclic) bond motifs is 9. The quantitative estimate of drug-likeness (QED) is 0.169. The summed E-state index contributed by atoms with van der Waals surface area (Å²) in [5, 5.41) is 9.53. The third-order valence-electron chi connectivity index (χ3n) is 12.0. The minimum Gasteiger partial charge on any atom is -0.455 e. The minimum absolute atomic E-state index is 0.858. The van der Waals surface area contributed by atoms with Gasteiger partial charge in [-0.05, 0) is 111 Å². The number of furan rings is 1. The Balaban J connectivity index is 0.972. The van der Waals surface area contributed by atoms with Gasteiger partial charge in [-0.2, -0.15) is 0 Å². The maximum atomic E-state index is 6.93. The molecule has 0 unspecified atom stereocenters. The van der Waals surface area contributed by atoms with Crippen molar-refractivity contribution in [3.8, 4) is 27.9 Å². The van der Waals surface area contributed by atoms with Crippen molar-refractivity contribution in [3.63, 3.8) is 0 Å². The van der Waals surface area contributed by atoms with Crippen LogP contribution in [0, 0.1) is 0 Å². The highest BCUT2D eigenvalue weighted by Gasteiger charge is 2.21. The van der Waals surface area contributed by atoms with Crippen LogP contribution in [0.4, 0.5) is 17.1 Å². The molecule has 0 saturated carbocycles. The van der Waals surface area contributed by atoms with Gasteiger partial charge in [0.2, 0.25) is 0 Å². The van der Waals surface area contributed by atoms with E-state index in [1.807, 2.05) is 0 Å². The fourth-order valence-electron chi connectivity index (χ4n) is 9.33. The first-order valence-corrected chi connectivity index (χ1v) is 20.2. The summed E-state index contributed by atoms with van der Waals surface area (Å²) < 4.78 is 9.27. The number of para-hydroxylation sites is 3. The monoisotopic (exact) mass is 752 g/mol. The summed E-state index contributed by atoms with van der Waals surface area (Å²) in [5.74, 6) is 0. The molecular weight excluding hydrogens is 717 g/mol. The standard InChI is InChI=1S/C56H36N2O/c1-3-16-39(17-4-1)57(41-28-26-38(27-29-41)44-32-33-48(47-22-10-9-21-45(44)47)46-24-13-15-37-14-7-8-20-43(37)46)42-30-31-49-50-34-35-53-55(56(50)59-54(49)36-42)51-23-11-12-25-52(51)58(53)40-18-5-2-6-19-40/h1-36H. The van der Waals surface area contributed by atoms with E-state index >= 15 is 0 Å². The molecule has 59 heavy (non-hydrogen) atoms. The number of aromatic nitrogens is 1. The second-order valence-electron chi connectivity index (χ2n) is 15.3. The zero-order valence-electron chi connectivity index (χ0n) is 32.1. The highest BCUT2D eigenvalue weighted by Crippen LogP contribution is 2.44. The number of rotatable bonds is 6. The van der Waals surface area contributed by atoms with Gasteiger partial charge in [0.15, 0.2) is 0 Å². The summed E-state index contributed by atoms with van der Waals surface area (Å²) in [5.41, 5.74) is 13.3. The van der Waals surface area contributed by atoms with E-state index in [1.165, 1.54) is 49.2 Å². The van der Waals surface area contributed by atoms with Crippen molar-refractivity contribution in [2.75, 3.05) is 4.90 Å². The summed E-state index contributed by atoms with van der Waals surface area (Å²) >= 11 is 0. The molecule has 0 spiro atoms. The fraction of sp³-hybridized carbons (Fsp3) is 0. The molecule has 276 valence electrons. The van der Waals surface area contributed by atoms with Crippen LogP contribution in [-0.2, 0) is 0 Å². The molecule has 12 rings (SSSR count). The lowest BCUT2D eigenvalue weighted by Gasteiger charge is -2.25. The zero-order chi connectivity index (χ0) is 38.9. The lowest BCUT2D eigenvalue weighted by Crippen LogP contribution is -2.09. The Bertz CT molecular complexity index is 3540. The number of hydrogen-bond acceptors (Lipinski definition) is 2. The van der Waals surface area contributed by atoms with Crippen molar-refractivity contribution in [1.29, 1.82) is 0 Å². The van der Waals surface area contributed by atoms with E-state index in [2.05, 4.69) is 228 Å². The van der Waals surface area contributed by atoms with Crippen molar-refractivity contribution in [3.05, 3.63) is 218 Å². The first-order valence-electron chi connectivity index (χ1n) is 20.2. The first-order chi connectivity index (χ1) is 29.3. The fourth-order valence-corrected chi connectivity index (χ4v) is 9.33. The third-order valence-corrected chi connectivity index (χ3v) is 12.0. The molecule has 3 nitrogen and oxygen atoms in total. The Morgan fingerprint density at radius 2 is 0.949 bits per heavy atom. The number of hydrogen-bond donors (Lipinski definition) is 0. The maximum absolute atomic E-state index is 6.93. The highest BCUT2D eigenvalue weighted by atomic mass is 16.3. The molecule has 0 bridgehead atoms. The van der Waals surface area contributed by atoms with Crippen LogP contribution >= 0.6 is 0 Å². The smallest absolute Gasteiger partial charge is 0.145 e. The van der Waals surface area contributed by atoms with Crippen molar-refractivity contribution >= 4 is 82.4 Å². The predicted octanol–water partition coefficient (Wildman–Crippen LogP) is 15.8. The van der Waals surface area contributed by atoms with Crippen LogP contribution < -0.4 is 4.90 Å². The average molecular weight is 753 g/mol. The largest absolute Gasteiger partial charge is 0.455 e. The summed E-state index contributed by atoms with van der Waals surface area (Å²) in [4.78, 5) is 2.31. The van der Waals surface area contributed by atoms with Gasteiger partial charge in [-0.1, -0.05) is 146 Å². The average Bonchev–Trinajstić information content (AvgIpc) is 3.85. The Hall–Kier alpha value is -7.88. The topological polar surface area (TPSA) is 21.3 Å². The summed E-state index contributed by atoms with van der Waals surface area (Å²) in [6.45, 7) is 0. The maximum Gasteiger partial charge on any atom is 0.145 e. The molecule has 0 aliphatic rings. The normalized spacial score (nSPS) is 11.7. The van der Waals surface area contributed by atoms with E-state index < -0.39 is 0 Å². The molecule has 0 saturated heterocycles. The molecule has 12 aromatic rings. The van der Waals surface area contributed by atoms with Crippen molar-refractivity contribution in [2.24, 2.45) is 0 Å². The van der Waals surface area contributed by atoms with E-state index in [-0.39, 0.29) is 0 Å².